The van der Waals surface area contributed by atoms with E-state index in [1.807, 2.05) is 46.8 Å². The molecule has 17 heavy (non-hydrogen) atoms. The second-order valence-corrected chi connectivity index (χ2v) is 4.07. The quantitative estimate of drug-likeness (QED) is 0.628. The molecule has 2 aromatic heterocycles. The molecular weight excluding hydrogens is 233 g/mol. The SMILES string of the molecule is CC.CC.Cc1ccc(-c2ccc(F)nc2)s1. The van der Waals surface area contributed by atoms with E-state index in [1.54, 1.807) is 23.6 Å². The highest BCUT2D eigenvalue weighted by Gasteiger charge is 2.00. The largest absolute Gasteiger partial charge is 0.228 e. The third-order valence-electron chi connectivity index (χ3n) is 1.75. The molecule has 3 heteroatoms. The Morgan fingerprint density at radius 1 is 1.00 bits per heavy atom. The van der Waals surface area contributed by atoms with Crippen LogP contribution in [0.15, 0.2) is 30.5 Å². The van der Waals surface area contributed by atoms with E-state index in [0.29, 0.717) is 0 Å². The van der Waals surface area contributed by atoms with Gasteiger partial charge in [-0.15, -0.1) is 11.3 Å². The standard InChI is InChI=1S/C10H8FNS.2C2H6/c1-7-2-4-9(13-7)8-3-5-10(11)12-6-8;2*1-2/h2-6H,1H3;2*1-2H3. The van der Waals surface area contributed by atoms with Crippen LogP contribution in [-0.2, 0) is 0 Å². The van der Waals surface area contributed by atoms with Crippen molar-refractivity contribution < 1.29 is 4.39 Å². The molecule has 0 unspecified atom stereocenters. The van der Waals surface area contributed by atoms with Gasteiger partial charge in [-0.3, -0.25) is 0 Å². The summed E-state index contributed by atoms with van der Waals surface area (Å²) >= 11 is 1.68. The fourth-order valence-corrected chi connectivity index (χ4v) is 1.97. The number of hydrogen-bond acceptors (Lipinski definition) is 2. The van der Waals surface area contributed by atoms with E-state index in [0.717, 1.165) is 10.4 Å². The molecule has 0 aliphatic heterocycles. The fraction of sp³-hybridized carbons (Fsp3) is 0.357. The lowest BCUT2D eigenvalue weighted by molar-refractivity contribution is 0.584. The molecule has 0 saturated carbocycles. The van der Waals surface area contributed by atoms with Crippen LogP contribution in [0.5, 0.6) is 0 Å². The monoisotopic (exact) mass is 253 g/mol. The summed E-state index contributed by atoms with van der Waals surface area (Å²) in [5.74, 6) is -0.433. The number of aryl methyl sites for hydroxylation is 1. The number of thiophene rings is 1. The topological polar surface area (TPSA) is 12.9 Å². The van der Waals surface area contributed by atoms with E-state index >= 15 is 0 Å². The summed E-state index contributed by atoms with van der Waals surface area (Å²) in [4.78, 5) is 5.98. The highest BCUT2D eigenvalue weighted by atomic mass is 32.1. The van der Waals surface area contributed by atoms with Gasteiger partial charge in [-0.25, -0.2) is 4.98 Å². The number of aromatic nitrogens is 1. The van der Waals surface area contributed by atoms with Gasteiger partial charge in [0.2, 0.25) is 5.95 Å². The van der Waals surface area contributed by atoms with Crippen molar-refractivity contribution in [3.05, 3.63) is 41.3 Å². The number of rotatable bonds is 1. The molecule has 2 heterocycles. The number of pyridine rings is 1. The van der Waals surface area contributed by atoms with Crippen molar-refractivity contribution in [3.8, 4) is 10.4 Å². The van der Waals surface area contributed by atoms with E-state index in [2.05, 4.69) is 4.98 Å². The smallest absolute Gasteiger partial charge is 0.212 e. The molecule has 0 spiro atoms. The Balaban J connectivity index is 0.000000581. The average Bonchev–Trinajstić information content (AvgIpc) is 2.82. The summed E-state index contributed by atoms with van der Waals surface area (Å²) < 4.78 is 12.5. The van der Waals surface area contributed by atoms with E-state index in [9.17, 15) is 4.39 Å². The highest BCUT2D eigenvalue weighted by molar-refractivity contribution is 7.15. The number of hydrogen-bond donors (Lipinski definition) is 0. The van der Waals surface area contributed by atoms with Gasteiger partial charge in [-0.1, -0.05) is 27.7 Å². The minimum Gasteiger partial charge on any atom is -0.228 e. The minimum absolute atomic E-state index is 0.433. The first-order valence-electron chi connectivity index (χ1n) is 5.94. The van der Waals surface area contributed by atoms with Crippen molar-refractivity contribution in [1.82, 2.24) is 4.98 Å². The molecule has 0 aliphatic carbocycles. The third kappa shape index (κ3) is 5.09. The Hall–Kier alpha value is -1.22. The molecule has 0 aliphatic rings. The molecule has 2 rings (SSSR count). The summed E-state index contributed by atoms with van der Waals surface area (Å²) in [6.45, 7) is 10.0. The molecule has 94 valence electrons. The molecular formula is C14H20FNS. The van der Waals surface area contributed by atoms with Crippen LogP contribution < -0.4 is 0 Å². The second kappa shape index (κ2) is 8.88. The zero-order valence-corrected chi connectivity index (χ0v) is 11.9. The van der Waals surface area contributed by atoms with Crippen molar-refractivity contribution in [3.63, 3.8) is 0 Å². The van der Waals surface area contributed by atoms with Gasteiger partial charge in [0.25, 0.3) is 0 Å². The van der Waals surface area contributed by atoms with Crippen LogP contribution in [0.3, 0.4) is 0 Å². The van der Waals surface area contributed by atoms with Crippen LogP contribution in [0.25, 0.3) is 10.4 Å². The maximum absolute atomic E-state index is 12.5. The van der Waals surface area contributed by atoms with E-state index < -0.39 is 5.95 Å². The maximum Gasteiger partial charge on any atom is 0.212 e. The molecule has 0 aromatic carbocycles. The van der Waals surface area contributed by atoms with Crippen LogP contribution in [0, 0.1) is 12.9 Å². The van der Waals surface area contributed by atoms with Crippen LogP contribution in [-0.4, -0.2) is 4.98 Å². The van der Waals surface area contributed by atoms with Crippen molar-refractivity contribution in [1.29, 1.82) is 0 Å². The van der Waals surface area contributed by atoms with Gasteiger partial charge >= 0.3 is 0 Å². The van der Waals surface area contributed by atoms with Gasteiger partial charge in [-0.2, -0.15) is 4.39 Å². The molecule has 0 amide bonds. The summed E-state index contributed by atoms with van der Waals surface area (Å²) in [5, 5.41) is 0. The molecule has 0 N–H and O–H groups in total. The molecule has 0 radical (unpaired) electrons. The minimum atomic E-state index is -0.433. The number of halogens is 1. The van der Waals surface area contributed by atoms with Crippen LogP contribution in [0.2, 0.25) is 0 Å². The normalized spacial score (nSPS) is 8.59. The maximum atomic E-state index is 12.5. The summed E-state index contributed by atoms with van der Waals surface area (Å²) in [6, 6.07) is 7.19. The first-order chi connectivity index (χ1) is 8.25. The zero-order chi connectivity index (χ0) is 13.3. The Bertz CT molecular complexity index is 406. The van der Waals surface area contributed by atoms with Crippen molar-refractivity contribution >= 4 is 11.3 Å². The van der Waals surface area contributed by atoms with Crippen LogP contribution in [0.1, 0.15) is 32.6 Å². The molecule has 0 fully saturated rings. The Kier molecular flexibility index (Phi) is 8.24. The molecule has 0 atom stereocenters. The first kappa shape index (κ1) is 15.8. The predicted octanol–water partition coefficient (Wildman–Crippen LogP) is 5.31. The van der Waals surface area contributed by atoms with Gasteiger partial charge in [0, 0.05) is 21.5 Å². The predicted molar refractivity (Wildman–Crippen MR) is 74.9 cm³/mol. The zero-order valence-electron chi connectivity index (χ0n) is 11.1. The van der Waals surface area contributed by atoms with Crippen LogP contribution in [0.4, 0.5) is 4.39 Å². The second-order valence-electron chi connectivity index (χ2n) is 2.78. The average molecular weight is 253 g/mol. The van der Waals surface area contributed by atoms with Gasteiger partial charge < -0.3 is 0 Å². The van der Waals surface area contributed by atoms with Crippen molar-refractivity contribution in [2.24, 2.45) is 0 Å². The van der Waals surface area contributed by atoms with Gasteiger partial charge in [0.15, 0.2) is 0 Å². The number of nitrogens with zero attached hydrogens (tertiary/aromatic N) is 1. The lowest BCUT2D eigenvalue weighted by Gasteiger charge is -1.94. The Morgan fingerprint density at radius 3 is 2.06 bits per heavy atom. The van der Waals surface area contributed by atoms with Gasteiger partial charge in [0.05, 0.1) is 0 Å². The summed E-state index contributed by atoms with van der Waals surface area (Å²) in [6.07, 6.45) is 1.56. The highest BCUT2D eigenvalue weighted by Crippen LogP contribution is 2.26. The molecule has 2 aromatic rings. The molecule has 0 saturated heterocycles. The fourth-order valence-electron chi connectivity index (χ4n) is 1.11. The lowest BCUT2D eigenvalue weighted by atomic mass is 10.2. The van der Waals surface area contributed by atoms with Crippen LogP contribution >= 0.6 is 11.3 Å². The van der Waals surface area contributed by atoms with E-state index in [1.165, 1.54) is 10.9 Å². The first-order valence-corrected chi connectivity index (χ1v) is 6.76. The summed E-state index contributed by atoms with van der Waals surface area (Å²) in [5.41, 5.74) is 0.972. The van der Waals surface area contributed by atoms with Crippen molar-refractivity contribution in [2.45, 2.75) is 34.6 Å². The van der Waals surface area contributed by atoms with Crippen molar-refractivity contribution in [2.75, 3.05) is 0 Å². The van der Waals surface area contributed by atoms with Gasteiger partial charge in [0.1, 0.15) is 0 Å². The van der Waals surface area contributed by atoms with E-state index in [4.69, 9.17) is 0 Å². The Labute approximate surface area is 107 Å². The van der Waals surface area contributed by atoms with Gasteiger partial charge in [-0.05, 0) is 31.2 Å². The lowest BCUT2D eigenvalue weighted by Crippen LogP contribution is -1.80. The third-order valence-corrected chi connectivity index (χ3v) is 2.80. The Morgan fingerprint density at radius 2 is 1.65 bits per heavy atom. The van der Waals surface area contributed by atoms with E-state index in [-0.39, 0.29) is 0 Å². The summed E-state index contributed by atoms with van der Waals surface area (Å²) in [7, 11) is 0. The molecule has 1 nitrogen and oxygen atoms in total. The molecule has 0 bridgehead atoms.